The van der Waals surface area contributed by atoms with Crippen LogP contribution in [0.1, 0.15) is 29.9 Å². The first-order chi connectivity index (χ1) is 13.7. The van der Waals surface area contributed by atoms with Crippen LogP contribution in [0.5, 0.6) is 0 Å². The molecule has 1 aliphatic carbocycles. The van der Waals surface area contributed by atoms with E-state index in [9.17, 15) is 4.79 Å². The zero-order valence-electron chi connectivity index (χ0n) is 17.0. The van der Waals surface area contributed by atoms with Crippen LogP contribution in [0.15, 0.2) is 41.7 Å². The van der Waals surface area contributed by atoms with Crippen LogP contribution in [0.25, 0.3) is 0 Å². The van der Waals surface area contributed by atoms with E-state index >= 15 is 0 Å². The molecule has 0 spiro atoms. The van der Waals surface area contributed by atoms with E-state index in [1.54, 1.807) is 22.8 Å². The van der Waals surface area contributed by atoms with Gasteiger partial charge in [0.05, 0.1) is 11.9 Å². The second-order valence-corrected chi connectivity index (χ2v) is 7.56. The lowest BCUT2D eigenvalue weighted by Gasteiger charge is -2.36. The molecule has 2 aromatic rings. The lowest BCUT2D eigenvalue weighted by atomic mass is 9.83. The van der Waals surface area contributed by atoms with Crippen molar-refractivity contribution in [1.29, 1.82) is 0 Å². The quantitative estimate of drug-likeness (QED) is 0.393. The molecule has 7 nitrogen and oxygen atoms in total. The number of aromatic nitrogens is 2. The van der Waals surface area contributed by atoms with Crippen LogP contribution in [-0.2, 0) is 18.3 Å². The number of carbonyl (C=O) groups is 1. The number of guanidine groups is 1. The number of anilines is 1. The molecule has 156 valence electrons. The van der Waals surface area contributed by atoms with E-state index < -0.39 is 0 Å². The van der Waals surface area contributed by atoms with Crippen LogP contribution in [-0.4, -0.2) is 59.8 Å². The smallest absolute Gasteiger partial charge is 0.246 e. The first-order valence-electron chi connectivity index (χ1n) is 9.98. The van der Waals surface area contributed by atoms with Gasteiger partial charge in [0, 0.05) is 45.8 Å². The summed E-state index contributed by atoms with van der Waals surface area (Å²) in [4.78, 5) is 20.9. The van der Waals surface area contributed by atoms with Crippen LogP contribution < -0.4 is 10.2 Å². The highest BCUT2D eigenvalue weighted by Crippen LogP contribution is 2.30. The predicted octanol–water partition coefficient (Wildman–Crippen LogP) is 2.38. The van der Waals surface area contributed by atoms with E-state index in [-0.39, 0.29) is 29.9 Å². The van der Waals surface area contributed by atoms with Gasteiger partial charge in [-0.3, -0.25) is 14.5 Å². The number of fused-ring (bicyclic) bond motifs is 1. The Labute approximate surface area is 189 Å². The van der Waals surface area contributed by atoms with E-state index in [0.717, 1.165) is 24.7 Å². The maximum Gasteiger partial charge on any atom is 0.246 e. The molecule has 1 aliphatic heterocycles. The van der Waals surface area contributed by atoms with E-state index in [1.165, 1.54) is 30.4 Å². The third-order valence-corrected chi connectivity index (χ3v) is 5.74. The van der Waals surface area contributed by atoms with Gasteiger partial charge in [0.15, 0.2) is 5.96 Å². The number of nitrogens with one attached hydrogen (secondary N) is 1. The van der Waals surface area contributed by atoms with E-state index in [1.807, 2.05) is 18.1 Å². The van der Waals surface area contributed by atoms with Crippen molar-refractivity contribution in [3.05, 3.63) is 47.8 Å². The number of hydrogen-bond acceptors (Lipinski definition) is 3. The minimum absolute atomic E-state index is 0. The Hall–Kier alpha value is -2.10. The Bertz CT molecular complexity index is 880. The molecule has 2 heterocycles. The van der Waals surface area contributed by atoms with Gasteiger partial charge in [-0.25, -0.2) is 0 Å². The molecule has 4 rings (SSSR count). The summed E-state index contributed by atoms with van der Waals surface area (Å²) in [5, 5.41) is 7.69. The molecule has 1 N–H and O–H groups in total. The molecule has 1 unspecified atom stereocenters. The second-order valence-electron chi connectivity index (χ2n) is 7.56. The fourth-order valence-electron chi connectivity index (χ4n) is 4.29. The van der Waals surface area contributed by atoms with Gasteiger partial charge < -0.3 is 15.1 Å². The van der Waals surface area contributed by atoms with Crippen molar-refractivity contribution in [3.63, 3.8) is 0 Å². The molecule has 1 aromatic carbocycles. The highest BCUT2D eigenvalue weighted by Gasteiger charge is 2.28. The Kier molecular flexibility index (Phi) is 7.15. The molecule has 1 atom stereocenters. The van der Waals surface area contributed by atoms with Crippen molar-refractivity contribution in [1.82, 2.24) is 20.0 Å². The van der Waals surface area contributed by atoms with Crippen molar-refractivity contribution < 1.29 is 4.79 Å². The van der Waals surface area contributed by atoms with Crippen LogP contribution in [0.4, 0.5) is 5.69 Å². The molecule has 1 fully saturated rings. The van der Waals surface area contributed by atoms with E-state index in [4.69, 9.17) is 0 Å². The SMILES string of the molecule is CN=C(NCC1CCCc2ccccc21)N1CCN(c2cnn(C)c2)C(=O)C1.I. The second kappa shape index (κ2) is 9.60. The number of carbonyl (C=O) groups excluding carboxylic acids is 1. The van der Waals surface area contributed by atoms with Gasteiger partial charge in [-0.05, 0) is 30.4 Å². The Morgan fingerprint density at radius 3 is 2.86 bits per heavy atom. The number of amides is 1. The van der Waals surface area contributed by atoms with Gasteiger partial charge in [-0.15, -0.1) is 24.0 Å². The third-order valence-electron chi connectivity index (χ3n) is 5.74. The zero-order chi connectivity index (χ0) is 19.5. The Balaban J connectivity index is 0.00000240. The molecule has 2 aliphatic rings. The minimum atomic E-state index is 0. The Morgan fingerprint density at radius 2 is 2.14 bits per heavy atom. The summed E-state index contributed by atoms with van der Waals surface area (Å²) in [7, 11) is 3.65. The van der Waals surface area contributed by atoms with E-state index in [0.29, 0.717) is 19.0 Å². The minimum Gasteiger partial charge on any atom is -0.356 e. The van der Waals surface area contributed by atoms with Gasteiger partial charge in [-0.1, -0.05) is 24.3 Å². The number of aliphatic imine (C=N–C) groups is 1. The molecular formula is C21H29IN6O. The molecule has 1 amide bonds. The van der Waals surface area contributed by atoms with Crippen molar-refractivity contribution in [2.24, 2.45) is 12.0 Å². The molecule has 0 saturated carbocycles. The molecule has 8 heteroatoms. The maximum atomic E-state index is 12.7. The summed E-state index contributed by atoms with van der Waals surface area (Å²) in [6, 6.07) is 8.75. The summed E-state index contributed by atoms with van der Waals surface area (Å²) in [5.74, 6) is 1.38. The van der Waals surface area contributed by atoms with Crippen LogP contribution in [0.3, 0.4) is 0 Å². The largest absolute Gasteiger partial charge is 0.356 e. The van der Waals surface area contributed by atoms with Gasteiger partial charge in [0.1, 0.15) is 6.54 Å². The average Bonchev–Trinajstić information content (AvgIpc) is 3.14. The third kappa shape index (κ3) is 4.73. The lowest BCUT2D eigenvalue weighted by Crippen LogP contribution is -2.55. The number of nitrogens with zero attached hydrogens (tertiary/aromatic N) is 5. The van der Waals surface area contributed by atoms with Crippen LogP contribution >= 0.6 is 24.0 Å². The van der Waals surface area contributed by atoms with Crippen LogP contribution in [0, 0.1) is 0 Å². The highest BCUT2D eigenvalue weighted by atomic mass is 127. The highest BCUT2D eigenvalue weighted by molar-refractivity contribution is 14.0. The van der Waals surface area contributed by atoms with Gasteiger partial charge >= 0.3 is 0 Å². The van der Waals surface area contributed by atoms with Gasteiger partial charge in [0.2, 0.25) is 5.91 Å². The van der Waals surface area contributed by atoms with Crippen molar-refractivity contribution >= 4 is 41.5 Å². The Morgan fingerprint density at radius 1 is 1.31 bits per heavy atom. The maximum absolute atomic E-state index is 12.7. The van der Waals surface area contributed by atoms with Crippen molar-refractivity contribution in [2.75, 3.05) is 38.1 Å². The molecule has 0 radical (unpaired) electrons. The lowest BCUT2D eigenvalue weighted by molar-refractivity contribution is -0.120. The summed E-state index contributed by atoms with van der Waals surface area (Å²) in [6.07, 6.45) is 7.20. The summed E-state index contributed by atoms with van der Waals surface area (Å²) >= 11 is 0. The number of halogens is 1. The summed E-state index contributed by atoms with van der Waals surface area (Å²) in [6.45, 7) is 2.57. The molecule has 29 heavy (non-hydrogen) atoms. The number of piperazine rings is 1. The monoisotopic (exact) mass is 508 g/mol. The number of rotatable bonds is 3. The fraction of sp³-hybridized carbons (Fsp3) is 0.476. The first-order valence-corrected chi connectivity index (χ1v) is 9.98. The van der Waals surface area contributed by atoms with Gasteiger partial charge in [0.25, 0.3) is 0 Å². The van der Waals surface area contributed by atoms with Crippen LogP contribution in [0.2, 0.25) is 0 Å². The fourth-order valence-corrected chi connectivity index (χ4v) is 4.29. The number of aryl methyl sites for hydroxylation is 2. The molecule has 1 aromatic heterocycles. The average molecular weight is 508 g/mol. The van der Waals surface area contributed by atoms with Crippen molar-refractivity contribution in [3.8, 4) is 0 Å². The predicted molar refractivity (Wildman–Crippen MR) is 126 cm³/mol. The van der Waals surface area contributed by atoms with E-state index in [2.05, 4.69) is 39.7 Å². The number of hydrogen-bond donors (Lipinski definition) is 1. The summed E-state index contributed by atoms with van der Waals surface area (Å²) in [5.41, 5.74) is 3.78. The number of benzene rings is 1. The molecule has 0 bridgehead atoms. The zero-order valence-corrected chi connectivity index (χ0v) is 19.4. The topological polar surface area (TPSA) is 65.8 Å². The molecule has 1 saturated heterocycles. The first kappa shape index (κ1) is 21.6. The van der Waals surface area contributed by atoms with Crippen molar-refractivity contribution in [2.45, 2.75) is 25.2 Å². The molecular weight excluding hydrogens is 479 g/mol. The summed E-state index contributed by atoms with van der Waals surface area (Å²) < 4.78 is 1.72. The van der Waals surface area contributed by atoms with Gasteiger partial charge in [-0.2, -0.15) is 5.10 Å². The standard InChI is InChI=1S/C21H28N6O.HI/c1-22-21(23-12-17-8-5-7-16-6-3-4-9-19(16)17)26-10-11-27(20(28)15-26)18-13-24-25(2)14-18;/h3-4,6,9,13-14,17H,5,7-8,10-12,15H2,1-2H3,(H,22,23);1H. The normalized spacial score (nSPS) is 19.6.